The molecule has 45 heavy (non-hydrogen) atoms. The van der Waals surface area contributed by atoms with Crippen LogP contribution in [0.1, 0.15) is 141 Å². The first kappa shape index (κ1) is 47.5. The van der Waals surface area contributed by atoms with Crippen molar-refractivity contribution in [2.45, 2.75) is 136 Å². The zero-order valence-electron chi connectivity index (χ0n) is 28.1. The number of Topliss-reactive ketones (excluding diaryl/α,β-unsaturated/α-hetero) is 1. The minimum Gasteiger partial charge on any atom is -0.0625 e. The van der Waals surface area contributed by atoms with E-state index in [2.05, 4.69) is 42.8 Å². The fraction of sp³-hybridized carbons (Fsp3) is 0.735. The van der Waals surface area contributed by atoms with Gasteiger partial charge in [0.15, 0.2) is 0 Å². The Morgan fingerprint density at radius 3 is 1.80 bits per heavy atom. The van der Waals surface area contributed by atoms with Gasteiger partial charge in [-0.1, -0.05) is 64.7 Å². The molecule has 3 atom stereocenters. The third kappa shape index (κ3) is 17.0. The average molecular weight is 1050 g/mol. The molecule has 247 valence electrons. The van der Waals surface area contributed by atoms with Crippen LogP contribution < -0.4 is 19.0 Å². The van der Waals surface area contributed by atoms with Crippen LogP contribution in [0.5, 0.6) is 0 Å². The summed E-state index contributed by atoms with van der Waals surface area (Å²) in [6, 6.07) is 4.71. The molecule has 1 aromatic carbocycles. The van der Waals surface area contributed by atoms with Crippen LogP contribution in [0.15, 0.2) is 6.07 Å². The zero-order chi connectivity index (χ0) is 29.8. The topological polar surface area (TPSA) is 87.3 Å². The van der Waals surface area contributed by atoms with E-state index in [1.807, 2.05) is 0 Å². The van der Waals surface area contributed by atoms with E-state index in [-0.39, 0.29) is 116 Å². The predicted molar refractivity (Wildman–Crippen MR) is 164 cm³/mol. The Balaban J connectivity index is 0. The summed E-state index contributed by atoms with van der Waals surface area (Å²) < 4.78 is 0.891. The first-order valence-corrected chi connectivity index (χ1v) is 19.2. The first-order valence-electron chi connectivity index (χ1n) is 16.4. The minimum atomic E-state index is -0.250. The Bertz CT molecular complexity index is 1020. The molecule has 0 radical (unpaired) electrons. The second kappa shape index (κ2) is 25.4. The molecule has 5 rings (SSSR count). The van der Waals surface area contributed by atoms with Crippen molar-refractivity contribution < 1.29 is 107 Å². The maximum Gasteiger partial charge on any atom is 0 e. The smallest absolute Gasteiger partial charge is 0 e. The van der Waals surface area contributed by atoms with Crippen LogP contribution >= 0.6 is 0 Å². The molecule has 4 fully saturated rings. The monoisotopic (exact) mass is 1050 g/mol. The van der Waals surface area contributed by atoms with Gasteiger partial charge < -0.3 is 0 Å². The van der Waals surface area contributed by atoms with Gasteiger partial charge in [0.25, 0.3) is 0 Å². The van der Waals surface area contributed by atoms with E-state index < -0.39 is 0 Å². The summed E-state index contributed by atoms with van der Waals surface area (Å²) in [5, 5.41) is 8.90. The van der Waals surface area contributed by atoms with Crippen LogP contribution in [0.4, 0.5) is 16.2 Å². The Morgan fingerprint density at radius 1 is 0.822 bits per heavy atom. The molecule has 0 bridgehead atoms. The van der Waals surface area contributed by atoms with E-state index in [1.54, 1.807) is 6.07 Å². The van der Waals surface area contributed by atoms with Crippen molar-refractivity contribution in [2.75, 3.05) is 10.6 Å². The van der Waals surface area contributed by atoms with E-state index in [4.69, 9.17) is 0 Å². The summed E-state index contributed by atoms with van der Waals surface area (Å²) in [5.74, 6) is 2.46. The van der Waals surface area contributed by atoms with Gasteiger partial charge in [-0.2, -0.15) is 0 Å². The van der Waals surface area contributed by atoms with Crippen LogP contribution in [0.25, 0.3) is 0 Å². The van der Waals surface area contributed by atoms with Gasteiger partial charge in [0.1, 0.15) is 0 Å². The molecule has 4 aliphatic rings. The van der Waals surface area contributed by atoms with Gasteiger partial charge in [0.2, 0.25) is 0 Å². The average Bonchev–Trinajstić information content (AvgIpc) is 3.76. The van der Waals surface area contributed by atoms with E-state index in [0.29, 0.717) is 41.1 Å². The van der Waals surface area contributed by atoms with Crippen molar-refractivity contribution >= 4 is 32.2 Å². The van der Waals surface area contributed by atoms with Gasteiger partial charge in [-0.05, 0) is 5.92 Å². The van der Waals surface area contributed by atoms with Crippen LogP contribution in [-0.4, -0.2) is 23.8 Å². The normalized spacial score (nSPS) is 22.0. The van der Waals surface area contributed by atoms with Crippen molar-refractivity contribution in [1.29, 1.82) is 0 Å². The van der Waals surface area contributed by atoms with Crippen molar-refractivity contribution in [3.63, 3.8) is 0 Å². The van der Waals surface area contributed by atoms with Crippen LogP contribution in [-0.2, 0) is 90.9 Å². The summed E-state index contributed by atoms with van der Waals surface area (Å²) >= 11 is 0.112. The molecule has 6 nitrogen and oxygen atoms in total. The summed E-state index contributed by atoms with van der Waals surface area (Å²) in [6.07, 6.45) is 20.5. The predicted octanol–water partition coefficient (Wildman–Crippen LogP) is 8.08. The standard InChI is InChI=1S/C23H31N3O3.C6H12.C5H10.2Fe.He.Hf.Hg/c1-14-8-9-17(15(14)2)12-22(28)24-20-10-18(16(3)27)11-21(13-20)26-23(29)25-19-6-4-5-7-19;1-6-4-2-3-5-6;1-2-4-5-3-1;;;;;/h11,14-15,17,19H,4-9,12H2,1-3H3,(H,24,28)(H2,25,26,29);6H,2-5H2,1H3;1-5H2;;;;;/q-1;;;;;;;. The Labute approximate surface area is 329 Å². The molecule has 3 N–H and O–H groups in total. The SMILES string of the molecule is C1CCCC1.CC(=O)c1[c-]c(NC(=O)CC2CCC(C)C2C)[c]([Hg])c(NC(=O)NC2CCCC2)c1.CC1CCCC1.[Fe].[Fe].[He].[Hf]. The number of ketones is 1. The quantitative estimate of drug-likeness (QED) is 0.153. The van der Waals surface area contributed by atoms with Crippen LogP contribution in [0.3, 0.4) is 0 Å². The van der Waals surface area contributed by atoms with Crippen LogP contribution in [0, 0.1) is 35.9 Å². The zero-order valence-corrected chi connectivity index (χ0v) is 39.4. The van der Waals surface area contributed by atoms with Gasteiger partial charge in [-0.25, -0.2) is 0 Å². The summed E-state index contributed by atoms with van der Waals surface area (Å²) in [7, 11) is 0. The molecule has 0 heterocycles. The van der Waals surface area contributed by atoms with E-state index in [1.165, 1.54) is 71.1 Å². The number of hydrogen-bond acceptors (Lipinski definition) is 3. The number of rotatable bonds is 6. The largest absolute Gasteiger partial charge is 0.0625 e. The van der Waals surface area contributed by atoms with Crippen molar-refractivity contribution in [3.8, 4) is 0 Å². The number of urea groups is 1. The number of amides is 3. The molecule has 0 spiro atoms. The third-order valence-electron chi connectivity index (χ3n) is 9.73. The van der Waals surface area contributed by atoms with Crippen LogP contribution in [0.2, 0.25) is 0 Å². The van der Waals surface area contributed by atoms with Crippen molar-refractivity contribution in [3.05, 3.63) is 17.7 Å². The minimum absolute atomic E-state index is 0. The molecule has 3 amide bonds. The number of carbonyl (C=O) groups is 3. The molecule has 1 aromatic rings. The van der Waals surface area contributed by atoms with E-state index in [9.17, 15) is 14.4 Å². The summed E-state index contributed by atoms with van der Waals surface area (Å²) in [6.45, 7) is 8.29. The molecule has 0 aromatic heterocycles. The Kier molecular flexibility index (Phi) is 26.8. The Morgan fingerprint density at radius 2 is 1.36 bits per heavy atom. The molecule has 11 heteroatoms. The number of nitrogens with one attached hydrogen (secondary N) is 3. The van der Waals surface area contributed by atoms with Crippen molar-refractivity contribution in [1.82, 2.24) is 5.32 Å². The molecular formula is C34H53Fe2HeHfHgN3O3-. The second-order valence-corrected chi connectivity index (χ2v) is 15.9. The molecule has 3 unspecified atom stereocenters. The summed E-state index contributed by atoms with van der Waals surface area (Å²) in [5.41, 5.74) is 1.53. The first-order chi connectivity index (χ1) is 19.6. The molecule has 4 aliphatic carbocycles. The number of carbonyl (C=O) groups excluding carboxylic acids is 3. The van der Waals surface area contributed by atoms with Gasteiger partial charge in [-0.3, -0.25) is 0 Å². The number of benzene rings is 1. The second-order valence-electron chi connectivity index (χ2n) is 13.2. The maximum atomic E-state index is 12.7. The molecule has 0 saturated heterocycles. The maximum absolute atomic E-state index is 12.7. The van der Waals surface area contributed by atoms with Gasteiger partial charge in [0, 0.05) is 66.1 Å². The molecular weight excluding hydrogens is 993 g/mol. The van der Waals surface area contributed by atoms with Crippen molar-refractivity contribution in [2.24, 2.45) is 23.7 Å². The fourth-order valence-corrected chi connectivity index (χ4v) is 8.06. The summed E-state index contributed by atoms with van der Waals surface area (Å²) in [4.78, 5) is 37.2. The Hall–Kier alpha value is 0.383. The van der Waals surface area contributed by atoms with Gasteiger partial charge in [-0.15, -0.1) is 0 Å². The molecule has 0 aliphatic heterocycles. The van der Waals surface area contributed by atoms with E-state index >= 15 is 0 Å². The van der Waals surface area contributed by atoms with E-state index in [0.717, 1.165) is 41.1 Å². The number of hydrogen-bond donors (Lipinski definition) is 3. The molecule has 4 saturated carbocycles. The third-order valence-corrected chi connectivity index (χ3v) is 12.6. The van der Waals surface area contributed by atoms with Gasteiger partial charge in [0.05, 0.1) is 0 Å². The number of anilines is 2. The van der Waals surface area contributed by atoms with Gasteiger partial charge >= 0.3 is 196 Å². The fourth-order valence-electron chi connectivity index (χ4n) is 6.63.